The Bertz CT molecular complexity index is 736. The molecule has 0 N–H and O–H groups in total. The molecule has 1 aliphatic heterocycles. The first kappa shape index (κ1) is 16.9. The van der Waals surface area contributed by atoms with Crippen LogP contribution in [0.2, 0.25) is 0 Å². The molecular formula is C20H26N2O2. The first-order valence-electron chi connectivity index (χ1n) is 8.80. The Kier molecular flexibility index (Phi) is 5.14. The van der Waals surface area contributed by atoms with Crippen LogP contribution in [-0.4, -0.2) is 42.1 Å². The van der Waals surface area contributed by atoms with E-state index in [0.29, 0.717) is 6.10 Å². The van der Waals surface area contributed by atoms with Gasteiger partial charge in [-0.25, -0.2) is 0 Å². The van der Waals surface area contributed by atoms with E-state index in [0.717, 1.165) is 60.1 Å². The SMILES string of the molecule is Cc1cc(C(=O)N(C)CC[C@@H]2CCCCO2)c2cccc(C)c2n1. The smallest absolute Gasteiger partial charge is 0.254 e. The lowest BCUT2D eigenvalue weighted by atomic mass is 10.0. The molecule has 1 atom stereocenters. The molecule has 3 rings (SSSR count). The van der Waals surface area contributed by atoms with E-state index in [1.54, 1.807) is 0 Å². The van der Waals surface area contributed by atoms with E-state index in [9.17, 15) is 4.79 Å². The minimum Gasteiger partial charge on any atom is -0.378 e. The van der Waals surface area contributed by atoms with Gasteiger partial charge in [-0.05, 0) is 51.2 Å². The fraction of sp³-hybridized carbons (Fsp3) is 0.500. The summed E-state index contributed by atoms with van der Waals surface area (Å²) < 4.78 is 5.77. The van der Waals surface area contributed by atoms with Gasteiger partial charge < -0.3 is 9.64 Å². The van der Waals surface area contributed by atoms with Crippen molar-refractivity contribution in [1.29, 1.82) is 0 Å². The fourth-order valence-electron chi connectivity index (χ4n) is 3.38. The Morgan fingerprint density at radius 1 is 1.33 bits per heavy atom. The molecule has 4 nitrogen and oxygen atoms in total. The van der Waals surface area contributed by atoms with Crippen molar-refractivity contribution in [3.63, 3.8) is 0 Å². The van der Waals surface area contributed by atoms with Crippen LogP contribution in [0.3, 0.4) is 0 Å². The molecule has 1 amide bonds. The lowest BCUT2D eigenvalue weighted by Gasteiger charge is -2.25. The van der Waals surface area contributed by atoms with Gasteiger partial charge in [-0.15, -0.1) is 0 Å². The highest BCUT2D eigenvalue weighted by molar-refractivity contribution is 6.06. The summed E-state index contributed by atoms with van der Waals surface area (Å²) in [4.78, 5) is 19.4. The lowest BCUT2D eigenvalue weighted by molar-refractivity contribution is 0.00710. The van der Waals surface area contributed by atoms with Crippen molar-refractivity contribution in [3.05, 3.63) is 41.1 Å². The molecule has 1 fully saturated rings. The van der Waals surface area contributed by atoms with Gasteiger partial charge in [0.1, 0.15) is 0 Å². The molecule has 128 valence electrons. The number of benzene rings is 1. The summed E-state index contributed by atoms with van der Waals surface area (Å²) in [6.07, 6.45) is 4.71. The van der Waals surface area contributed by atoms with Gasteiger partial charge >= 0.3 is 0 Å². The van der Waals surface area contributed by atoms with Gasteiger partial charge in [0.2, 0.25) is 0 Å². The maximum absolute atomic E-state index is 13.0. The molecule has 0 saturated carbocycles. The summed E-state index contributed by atoms with van der Waals surface area (Å²) >= 11 is 0. The largest absolute Gasteiger partial charge is 0.378 e. The quantitative estimate of drug-likeness (QED) is 0.856. The average molecular weight is 326 g/mol. The Morgan fingerprint density at radius 2 is 2.17 bits per heavy atom. The summed E-state index contributed by atoms with van der Waals surface area (Å²) in [6.45, 7) is 5.56. The van der Waals surface area contributed by atoms with Crippen molar-refractivity contribution < 1.29 is 9.53 Å². The number of hydrogen-bond acceptors (Lipinski definition) is 3. The Labute approximate surface area is 143 Å². The van der Waals surface area contributed by atoms with Crippen molar-refractivity contribution in [2.45, 2.75) is 45.6 Å². The Morgan fingerprint density at radius 3 is 2.92 bits per heavy atom. The molecule has 0 aliphatic carbocycles. The highest BCUT2D eigenvalue weighted by Gasteiger charge is 2.19. The highest BCUT2D eigenvalue weighted by atomic mass is 16.5. The zero-order valence-corrected chi connectivity index (χ0v) is 14.8. The van der Waals surface area contributed by atoms with E-state index in [1.165, 1.54) is 6.42 Å². The number of rotatable bonds is 4. The first-order valence-corrected chi connectivity index (χ1v) is 8.80. The van der Waals surface area contributed by atoms with Gasteiger partial charge in [0.05, 0.1) is 17.2 Å². The second-order valence-corrected chi connectivity index (χ2v) is 6.79. The van der Waals surface area contributed by atoms with E-state index in [4.69, 9.17) is 4.74 Å². The second-order valence-electron chi connectivity index (χ2n) is 6.79. The van der Waals surface area contributed by atoms with Crippen molar-refractivity contribution in [2.75, 3.05) is 20.2 Å². The van der Waals surface area contributed by atoms with Crippen LogP contribution in [0.25, 0.3) is 10.9 Å². The van der Waals surface area contributed by atoms with Gasteiger partial charge in [0.15, 0.2) is 0 Å². The summed E-state index contributed by atoms with van der Waals surface area (Å²) in [6, 6.07) is 7.91. The molecule has 24 heavy (non-hydrogen) atoms. The number of para-hydroxylation sites is 1. The second kappa shape index (κ2) is 7.31. The van der Waals surface area contributed by atoms with Crippen LogP contribution in [0.4, 0.5) is 0 Å². The monoisotopic (exact) mass is 326 g/mol. The molecule has 0 spiro atoms. The highest BCUT2D eigenvalue weighted by Crippen LogP contribution is 2.23. The molecule has 0 unspecified atom stereocenters. The molecule has 0 radical (unpaired) electrons. The number of carbonyl (C=O) groups is 1. The number of ether oxygens (including phenoxy) is 1. The third kappa shape index (κ3) is 3.59. The predicted octanol–water partition coefficient (Wildman–Crippen LogP) is 3.88. The minimum absolute atomic E-state index is 0.0620. The molecule has 2 heterocycles. The van der Waals surface area contributed by atoms with Crippen LogP contribution in [0.15, 0.2) is 24.3 Å². The topological polar surface area (TPSA) is 42.4 Å². The van der Waals surface area contributed by atoms with Crippen LogP contribution < -0.4 is 0 Å². The molecule has 1 aromatic carbocycles. The van der Waals surface area contributed by atoms with E-state index >= 15 is 0 Å². The van der Waals surface area contributed by atoms with E-state index in [1.807, 2.05) is 50.1 Å². The van der Waals surface area contributed by atoms with Gasteiger partial charge in [-0.2, -0.15) is 0 Å². The van der Waals surface area contributed by atoms with Crippen molar-refractivity contribution >= 4 is 16.8 Å². The average Bonchev–Trinajstić information content (AvgIpc) is 2.60. The van der Waals surface area contributed by atoms with E-state index < -0.39 is 0 Å². The molecule has 0 bridgehead atoms. The number of aryl methyl sites for hydroxylation is 2. The number of amides is 1. The molecule has 1 aromatic heterocycles. The van der Waals surface area contributed by atoms with E-state index in [2.05, 4.69) is 4.98 Å². The van der Waals surface area contributed by atoms with Crippen molar-refractivity contribution in [1.82, 2.24) is 9.88 Å². The number of fused-ring (bicyclic) bond motifs is 1. The maximum atomic E-state index is 13.0. The third-order valence-electron chi connectivity index (χ3n) is 4.81. The lowest BCUT2D eigenvalue weighted by Crippen LogP contribution is -2.31. The normalized spacial score (nSPS) is 17.9. The van der Waals surface area contributed by atoms with Crippen LogP contribution >= 0.6 is 0 Å². The maximum Gasteiger partial charge on any atom is 0.254 e. The predicted molar refractivity (Wildman–Crippen MR) is 96.4 cm³/mol. The molecule has 1 aliphatic rings. The van der Waals surface area contributed by atoms with Crippen LogP contribution in [-0.2, 0) is 4.74 Å². The van der Waals surface area contributed by atoms with Gasteiger partial charge in [0.25, 0.3) is 5.91 Å². The van der Waals surface area contributed by atoms with Crippen molar-refractivity contribution in [3.8, 4) is 0 Å². The number of nitrogens with zero attached hydrogens (tertiary/aromatic N) is 2. The molecule has 1 saturated heterocycles. The van der Waals surface area contributed by atoms with Crippen molar-refractivity contribution in [2.24, 2.45) is 0 Å². The fourth-order valence-corrected chi connectivity index (χ4v) is 3.38. The molecule has 4 heteroatoms. The minimum atomic E-state index is 0.0620. The summed E-state index contributed by atoms with van der Waals surface area (Å²) in [7, 11) is 1.88. The number of aromatic nitrogens is 1. The zero-order chi connectivity index (χ0) is 17.1. The van der Waals surface area contributed by atoms with Gasteiger partial charge in [-0.3, -0.25) is 9.78 Å². The molecular weight excluding hydrogens is 300 g/mol. The summed E-state index contributed by atoms with van der Waals surface area (Å²) in [5.74, 6) is 0.0620. The number of carbonyl (C=O) groups excluding carboxylic acids is 1. The Hall–Kier alpha value is -1.94. The van der Waals surface area contributed by atoms with Crippen LogP contribution in [0.5, 0.6) is 0 Å². The Balaban J connectivity index is 1.78. The van der Waals surface area contributed by atoms with Gasteiger partial charge in [0, 0.05) is 31.3 Å². The van der Waals surface area contributed by atoms with Gasteiger partial charge in [-0.1, -0.05) is 18.2 Å². The molecule has 2 aromatic rings. The van der Waals surface area contributed by atoms with E-state index in [-0.39, 0.29) is 5.91 Å². The summed E-state index contributed by atoms with van der Waals surface area (Å²) in [5, 5.41) is 0.936. The standard InChI is InChI=1S/C20H26N2O2/c1-14-7-6-9-17-18(13-15(2)21-19(14)17)20(23)22(3)11-10-16-8-4-5-12-24-16/h6-7,9,13,16H,4-5,8,10-12H2,1-3H3/t16-/m0/s1. The number of pyridine rings is 1. The van der Waals surface area contributed by atoms with Crippen LogP contribution in [0.1, 0.15) is 47.3 Å². The van der Waals surface area contributed by atoms with Crippen LogP contribution in [0, 0.1) is 13.8 Å². The number of hydrogen-bond donors (Lipinski definition) is 0. The summed E-state index contributed by atoms with van der Waals surface area (Å²) in [5.41, 5.74) is 3.64. The zero-order valence-electron chi connectivity index (χ0n) is 14.8. The first-order chi connectivity index (χ1) is 11.6. The third-order valence-corrected chi connectivity index (χ3v) is 4.81.